The van der Waals surface area contributed by atoms with Crippen LogP contribution in [0.1, 0.15) is 25.8 Å². The molecular formula is C22H31N3O5. The first-order chi connectivity index (χ1) is 14.5. The van der Waals surface area contributed by atoms with Gasteiger partial charge < -0.3 is 20.1 Å². The molecule has 164 valence electrons. The second-order valence-electron chi connectivity index (χ2n) is 5.63. The Labute approximate surface area is 177 Å². The maximum absolute atomic E-state index is 12.5. The number of hydrogen-bond acceptors (Lipinski definition) is 6. The van der Waals surface area contributed by atoms with E-state index >= 15 is 0 Å². The molecule has 0 unspecified atom stereocenters. The van der Waals surface area contributed by atoms with Gasteiger partial charge >= 0.3 is 0 Å². The Kier molecular flexibility index (Phi) is 14.9. The van der Waals surface area contributed by atoms with Crippen molar-refractivity contribution in [2.24, 2.45) is 0 Å². The van der Waals surface area contributed by atoms with E-state index in [1.807, 2.05) is 75.5 Å². The van der Waals surface area contributed by atoms with Crippen molar-refractivity contribution in [3.05, 3.63) is 60.2 Å². The van der Waals surface area contributed by atoms with Crippen molar-refractivity contribution in [2.45, 2.75) is 26.7 Å². The average molecular weight is 418 g/mol. The number of para-hydroxylation sites is 1. The van der Waals surface area contributed by atoms with Crippen LogP contribution in [0.15, 0.2) is 54.6 Å². The van der Waals surface area contributed by atoms with E-state index in [0.29, 0.717) is 19.3 Å². The van der Waals surface area contributed by atoms with Gasteiger partial charge in [-0.2, -0.15) is 0 Å². The maximum Gasteiger partial charge on any atom is 0.250 e. The van der Waals surface area contributed by atoms with Crippen molar-refractivity contribution in [2.75, 3.05) is 30.4 Å². The van der Waals surface area contributed by atoms with E-state index < -0.39 is 5.91 Å². The van der Waals surface area contributed by atoms with Crippen molar-refractivity contribution in [3.63, 3.8) is 0 Å². The number of aliphatic hydroxyl groups excluding tert-OH is 1. The highest BCUT2D eigenvalue weighted by molar-refractivity contribution is 5.94. The average Bonchev–Trinajstić information content (AvgIpc) is 2.80. The van der Waals surface area contributed by atoms with Gasteiger partial charge in [-0.25, -0.2) is 5.48 Å². The molecule has 2 rings (SSSR count). The summed E-state index contributed by atoms with van der Waals surface area (Å²) in [5.41, 5.74) is 4.08. The number of nitrogens with zero attached hydrogens (tertiary/aromatic N) is 1. The zero-order valence-corrected chi connectivity index (χ0v) is 17.7. The minimum absolute atomic E-state index is 0.0209. The summed E-state index contributed by atoms with van der Waals surface area (Å²) in [5.74, 6) is -0.706. The van der Waals surface area contributed by atoms with E-state index in [4.69, 9.17) is 5.21 Å². The molecular weight excluding hydrogens is 386 g/mol. The molecule has 0 aromatic heterocycles. The van der Waals surface area contributed by atoms with E-state index in [0.717, 1.165) is 16.9 Å². The highest BCUT2D eigenvalue weighted by Gasteiger charge is 2.15. The van der Waals surface area contributed by atoms with Gasteiger partial charge in [-0.1, -0.05) is 44.2 Å². The number of aliphatic hydroxyl groups is 1. The van der Waals surface area contributed by atoms with Gasteiger partial charge in [-0.15, -0.1) is 0 Å². The number of nitrogens with one attached hydrogen (secondary N) is 2. The SMILES string of the molecule is CC.CNc1ccc(CC(=O)N(CCO)c2ccccc2)cc1.O=CCC(=O)NO. The van der Waals surface area contributed by atoms with Gasteiger partial charge in [0.15, 0.2) is 0 Å². The van der Waals surface area contributed by atoms with Crippen molar-refractivity contribution in [3.8, 4) is 0 Å². The molecule has 0 bridgehead atoms. The second-order valence-corrected chi connectivity index (χ2v) is 5.63. The molecule has 0 aliphatic rings. The summed E-state index contributed by atoms with van der Waals surface area (Å²) in [4.78, 5) is 33.3. The molecule has 0 aliphatic carbocycles. The third-order valence-corrected chi connectivity index (χ3v) is 3.68. The largest absolute Gasteiger partial charge is 0.395 e. The van der Waals surface area contributed by atoms with Gasteiger partial charge in [0.05, 0.1) is 19.4 Å². The fourth-order valence-corrected chi connectivity index (χ4v) is 2.29. The zero-order valence-electron chi connectivity index (χ0n) is 17.7. The number of aldehydes is 1. The summed E-state index contributed by atoms with van der Waals surface area (Å²) in [6.45, 7) is 4.25. The first-order valence-electron chi connectivity index (χ1n) is 9.65. The molecule has 0 aliphatic heterocycles. The van der Waals surface area contributed by atoms with E-state index in [2.05, 4.69) is 5.32 Å². The van der Waals surface area contributed by atoms with Gasteiger partial charge in [0, 0.05) is 25.0 Å². The smallest absolute Gasteiger partial charge is 0.250 e. The van der Waals surface area contributed by atoms with Crippen LogP contribution in [0.3, 0.4) is 0 Å². The Hall–Kier alpha value is -3.23. The first kappa shape index (κ1) is 26.8. The highest BCUT2D eigenvalue weighted by Crippen LogP contribution is 2.16. The molecule has 4 N–H and O–H groups in total. The lowest BCUT2D eigenvalue weighted by Gasteiger charge is -2.22. The molecule has 8 nitrogen and oxygen atoms in total. The summed E-state index contributed by atoms with van der Waals surface area (Å²) < 4.78 is 0. The standard InChI is InChI=1S/C17H20N2O2.C3H5NO3.C2H6/c1-18-15-9-7-14(8-10-15)13-17(21)19(11-12-20)16-5-3-2-4-6-16;5-2-1-3(6)4-7;1-2/h2-10,18,20H,11-13H2,1H3;2,7H,1H2,(H,4,6);1-2H3. The van der Waals surface area contributed by atoms with Gasteiger partial charge in [0.25, 0.3) is 0 Å². The number of hydrogen-bond donors (Lipinski definition) is 4. The second kappa shape index (κ2) is 16.7. The number of amides is 2. The minimum atomic E-state index is -0.685. The number of carbonyl (C=O) groups is 3. The molecule has 0 fully saturated rings. The number of hydroxylamine groups is 1. The Morgan fingerprint density at radius 1 is 1.03 bits per heavy atom. The molecule has 0 saturated heterocycles. The molecule has 0 radical (unpaired) electrons. The van der Waals surface area contributed by atoms with Crippen molar-refractivity contribution in [1.82, 2.24) is 5.48 Å². The number of rotatable bonds is 8. The predicted molar refractivity (Wildman–Crippen MR) is 118 cm³/mol. The van der Waals surface area contributed by atoms with Crippen LogP contribution in [0.2, 0.25) is 0 Å². The lowest BCUT2D eigenvalue weighted by atomic mass is 10.1. The van der Waals surface area contributed by atoms with Crippen LogP contribution >= 0.6 is 0 Å². The number of anilines is 2. The third kappa shape index (κ3) is 10.4. The molecule has 2 aromatic rings. The molecule has 30 heavy (non-hydrogen) atoms. The van der Waals surface area contributed by atoms with Crippen LogP contribution in [0.25, 0.3) is 0 Å². The first-order valence-corrected chi connectivity index (χ1v) is 9.65. The molecule has 0 saturated carbocycles. The van der Waals surface area contributed by atoms with E-state index in [9.17, 15) is 19.5 Å². The maximum atomic E-state index is 12.5. The lowest BCUT2D eigenvalue weighted by Crippen LogP contribution is -2.34. The summed E-state index contributed by atoms with van der Waals surface area (Å²) in [5, 5.41) is 19.9. The fraction of sp³-hybridized carbons (Fsp3) is 0.318. The Balaban J connectivity index is 0.000000795. The minimum Gasteiger partial charge on any atom is -0.395 e. The molecule has 0 spiro atoms. The Morgan fingerprint density at radius 3 is 2.07 bits per heavy atom. The summed E-state index contributed by atoms with van der Waals surface area (Å²) in [6.07, 6.45) is 0.445. The number of carbonyl (C=O) groups excluding carboxylic acids is 3. The van der Waals surface area contributed by atoms with Crippen LogP contribution in [-0.2, 0) is 20.8 Å². The van der Waals surface area contributed by atoms with Crippen molar-refractivity contribution in [1.29, 1.82) is 0 Å². The monoisotopic (exact) mass is 417 g/mol. The van der Waals surface area contributed by atoms with Gasteiger partial charge in [0.1, 0.15) is 6.29 Å². The fourth-order valence-electron chi connectivity index (χ4n) is 2.29. The van der Waals surface area contributed by atoms with E-state index in [1.165, 1.54) is 5.48 Å². The van der Waals surface area contributed by atoms with Gasteiger partial charge in [-0.05, 0) is 29.8 Å². The molecule has 8 heteroatoms. The van der Waals surface area contributed by atoms with Gasteiger partial charge in [-0.3, -0.25) is 14.8 Å². The van der Waals surface area contributed by atoms with Crippen molar-refractivity contribution < 1.29 is 24.7 Å². The number of benzene rings is 2. The Morgan fingerprint density at radius 2 is 1.63 bits per heavy atom. The topological polar surface area (TPSA) is 119 Å². The van der Waals surface area contributed by atoms with Crippen LogP contribution < -0.4 is 15.7 Å². The summed E-state index contributed by atoms with van der Waals surface area (Å²) in [7, 11) is 1.86. The van der Waals surface area contributed by atoms with Gasteiger partial charge in [0.2, 0.25) is 11.8 Å². The summed E-state index contributed by atoms with van der Waals surface area (Å²) >= 11 is 0. The third-order valence-electron chi connectivity index (χ3n) is 3.68. The van der Waals surface area contributed by atoms with Crippen LogP contribution in [-0.4, -0.2) is 48.6 Å². The molecule has 0 atom stereocenters. The van der Waals surface area contributed by atoms with Crippen LogP contribution in [0.5, 0.6) is 0 Å². The molecule has 2 aromatic carbocycles. The quantitative estimate of drug-likeness (QED) is 0.227. The molecule has 2 amide bonds. The normalized spacial score (nSPS) is 9.10. The van der Waals surface area contributed by atoms with Crippen LogP contribution in [0, 0.1) is 0 Å². The zero-order chi connectivity index (χ0) is 22.8. The predicted octanol–water partition coefficient (Wildman–Crippen LogP) is 2.40. The summed E-state index contributed by atoms with van der Waals surface area (Å²) in [6, 6.07) is 17.2. The van der Waals surface area contributed by atoms with E-state index in [-0.39, 0.29) is 18.9 Å². The lowest BCUT2D eigenvalue weighted by molar-refractivity contribution is -0.131. The Bertz CT molecular complexity index is 736. The van der Waals surface area contributed by atoms with Crippen LogP contribution in [0.4, 0.5) is 11.4 Å². The highest BCUT2D eigenvalue weighted by atomic mass is 16.5. The van der Waals surface area contributed by atoms with E-state index in [1.54, 1.807) is 4.90 Å². The molecule has 0 heterocycles. The van der Waals surface area contributed by atoms with Crippen molar-refractivity contribution >= 4 is 29.5 Å².